The molecule has 13 heteroatoms. The number of hydrogen-bond acceptors (Lipinski definition) is 6. The number of amides is 1. The first-order valence-electron chi connectivity index (χ1n) is 12.3. The van der Waals surface area contributed by atoms with Crippen LogP contribution in [-0.4, -0.2) is 50.0 Å². The zero-order valence-electron chi connectivity index (χ0n) is 21.9. The van der Waals surface area contributed by atoms with Crippen molar-refractivity contribution >= 4 is 56.7 Å². The van der Waals surface area contributed by atoms with Crippen LogP contribution in [-0.2, 0) is 22.7 Å². The lowest BCUT2D eigenvalue weighted by atomic mass is 9.77. The Balaban J connectivity index is 0.00000185. The number of halogens is 2. The summed E-state index contributed by atoms with van der Waals surface area (Å²) in [6.45, 7) is 5.13. The van der Waals surface area contributed by atoms with Crippen LogP contribution in [0.15, 0.2) is 64.6 Å². The maximum absolute atomic E-state index is 12.7. The second kappa shape index (κ2) is 12.1. The first-order chi connectivity index (χ1) is 18.3. The van der Waals surface area contributed by atoms with E-state index in [1.807, 2.05) is 19.4 Å². The van der Waals surface area contributed by atoms with E-state index in [0.717, 1.165) is 27.8 Å². The predicted molar refractivity (Wildman–Crippen MR) is 146 cm³/mol. The monoisotopic (exact) mass is 726 g/mol. The minimum atomic E-state index is -1.11. The van der Waals surface area contributed by atoms with Crippen LogP contribution in [0.3, 0.4) is 0 Å². The summed E-state index contributed by atoms with van der Waals surface area (Å²) in [5.74, 6) is -2.17. The number of carboxylic acids is 1. The molecule has 0 saturated carbocycles. The number of hydrogen-bond donors (Lipinski definition) is 2. The van der Waals surface area contributed by atoms with Gasteiger partial charge in [-0.25, -0.2) is 9.36 Å². The highest BCUT2D eigenvalue weighted by molar-refractivity contribution is 7.98. The molecule has 0 spiro atoms. The van der Waals surface area contributed by atoms with E-state index >= 15 is 0 Å². The molecular formula is C27H28Br2N4O4S3. The molecule has 6 rings (SSSR count). The number of nitrogens with zero attached hydrogens (tertiary/aromatic N) is 4. The zero-order valence-corrected chi connectivity index (χ0v) is 27.5. The number of aromatic nitrogens is 3. The number of carbonyl (C=O) groups excluding carboxylic acids is 1. The van der Waals surface area contributed by atoms with Gasteiger partial charge in [0, 0.05) is 17.1 Å². The largest absolute Gasteiger partial charge is 1.00 e. The summed E-state index contributed by atoms with van der Waals surface area (Å²) >= 11 is 4.89. The van der Waals surface area contributed by atoms with Crippen LogP contribution in [0.25, 0.3) is 10.4 Å². The number of aliphatic carboxylic acids is 1. The van der Waals surface area contributed by atoms with E-state index in [4.69, 9.17) is 0 Å². The van der Waals surface area contributed by atoms with Gasteiger partial charge in [-0.2, -0.15) is 8.97 Å². The van der Waals surface area contributed by atoms with Crippen LogP contribution in [0.5, 0.6) is 0 Å². The number of rotatable bonds is 8. The highest BCUT2D eigenvalue weighted by Gasteiger charge is 2.60. The number of β-lactam (4-membered cyclic amide) rings is 1. The van der Waals surface area contributed by atoms with Crippen molar-refractivity contribution in [3.05, 3.63) is 75.6 Å². The van der Waals surface area contributed by atoms with E-state index in [1.54, 1.807) is 41.4 Å². The van der Waals surface area contributed by atoms with Gasteiger partial charge in [-0.15, -0.1) is 0 Å². The SMILES string of the molecule is CSc1c2sc(C3=C(C(=O)O)N4C(=O)[C@H]([C@@H](C)O)[C@H]4[C@H]3C)c[n+]2cn1Cc1ccc(C[n+]2ccsc2)cc1.[Br-].[Br-]. The Bertz CT molecular complexity index is 1580. The molecule has 2 aliphatic heterocycles. The van der Waals surface area contributed by atoms with Crippen molar-refractivity contribution < 1.29 is 62.7 Å². The van der Waals surface area contributed by atoms with Crippen molar-refractivity contribution in [2.24, 2.45) is 11.8 Å². The summed E-state index contributed by atoms with van der Waals surface area (Å²) in [6, 6.07) is 8.35. The average molecular weight is 729 g/mol. The van der Waals surface area contributed by atoms with Gasteiger partial charge < -0.3 is 49.1 Å². The van der Waals surface area contributed by atoms with Gasteiger partial charge in [0.1, 0.15) is 18.4 Å². The lowest BCUT2D eigenvalue weighted by Gasteiger charge is -2.46. The van der Waals surface area contributed by atoms with Gasteiger partial charge in [-0.05, 0) is 18.7 Å². The highest BCUT2D eigenvalue weighted by atomic mass is 79.9. The standard InChI is InChI=1S/C27H27N4O4S3.2BrH/c1-15-20(23(27(34)35)31-22(15)21(16(2)32)24(31)33)19-12-30-13-29(25(36-3)26(30)38-19)11-18-6-4-17(5-7-18)10-28-8-9-37-14-28;;/h4-9,12-16,21-22,32H,10-11H2,1-3H3;2*1H/q+1;;/p-1/t15-,16+,21+,22+;;/m0../s1. The van der Waals surface area contributed by atoms with E-state index in [9.17, 15) is 19.8 Å². The van der Waals surface area contributed by atoms with Crippen LogP contribution >= 0.6 is 34.4 Å². The number of carboxylic acid groups (broad SMARTS) is 1. The minimum absolute atomic E-state index is 0. The van der Waals surface area contributed by atoms with Crippen LogP contribution in [0.1, 0.15) is 29.9 Å². The molecule has 2 N–H and O–H groups in total. The zero-order chi connectivity index (χ0) is 26.7. The molecule has 8 nitrogen and oxygen atoms in total. The van der Waals surface area contributed by atoms with E-state index in [0.29, 0.717) is 5.57 Å². The minimum Gasteiger partial charge on any atom is -1.00 e. The Labute approximate surface area is 265 Å². The average Bonchev–Trinajstić information content (AvgIpc) is 3.63. The van der Waals surface area contributed by atoms with E-state index in [1.165, 1.54) is 16.0 Å². The third-order valence-electron chi connectivity index (χ3n) is 7.51. The second-order valence-electron chi connectivity index (χ2n) is 9.90. The molecule has 3 aromatic heterocycles. The number of benzene rings is 1. The molecule has 4 aromatic rings. The molecule has 2 aliphatic rings. The number of aliphatic hydroxyl groups excluding tert-OH is 1. The number of aliphatic hydroxyl groups is 1. The van der Waals surface area contributed by atoms with Crippen molar-refractivity contribution in [3.8, 4) is 0 Å². The number of imidazole rings is 1. The molecule has 1 fully saturated rings. The first-order valence-corrected chi connectivity index (χ1v) is 15.3. The van der Waals surface area contributed by atoms with Gasteiger partial charge in [-0.1, -0.05) is 65.6 Å². The summed E-state index contributed by atoms with van der Waals surface area (Å²) in [5.41, 5.74) is 5.28. The molecule has 1 aromatic carbocycles. The fourth-order valence-electron chi connectivity index (χ4n) is 5.78. The highest BCUT2D eigenvalue weighted by Crippen LogP contribution is 2.51. The van der Waals surface area contributed by atoms with Gasteiger partial charge in [0.05, 0.1) is 28.3 Å². The normalized spacial score (nSPS) is 20.6. The van der Waals surface area contributed by atoms with Crippen molar-refractivity contribution in [2.75, 3.05) is 6.26 Å². The maximum atomic E-state index is 12.7. The molecule has 0 unspecified atom stereocenters. The van der Waals surface area contributed by atoms with Crippen LogP contribution in [0, 0.1) is 11.8 Å². The maximum Gasteiger partial charge on any atom is 0.352 e. The van der Waals surface area contributed by atoms with Crippen molar-refractivity contribution in [3.63, 3.8) is 0 Å². The summed E-state index contributed by atoms with van der Waals surface area (Å²) < 4.78 is 6.43. The Morgan fingerprint density at radius 1 is 1.20 bits per heavy atom. The van der Waals surface area contributed by atoms with Crippen LogP contribution in [0.2, 0.25) is 0 Å². The summed E-state index contributed by atoms with van der Waals surface area (Å²) in [5, 5.41) is 23.3. The predicted octanol–water partition coefficient (Wildman–Crippen LogP) is -2.88. The number of thiazole rings is 2. The fourth-order valence-corrected chi connectivity index (χ4v) is 8.55. The van der Waals surface area contributed by atoms with Gasteiger partial charge in [0.2, 0.25) is 21.3 Å². The second-order valence-corrected chi connectivity index (χ2v) is 12.5. The summed E-state index contributed by atoms with van der Waals surface area (Å²) in [7, 11) is 0. The molecule has 4 atom stereocenters. The van der Waals surface area contributed by atoms with Gasteiger partial charge in [-0.3, -0.25) is 4.79 Å². The van der Waals surface area contributed by atoms with E-state index in [2.05, 4.69) is 61.2 Å². The van der Waals surface area contributed by atoms with Crippen molar-refractivity contribution in [1.29, 1.82) is 0 Å². The Hall–Kier alpha value is -2.03. The molecule has 0 radical (unpaired) electrons. The Kier molecular flexibility index (Phi) is 9.32. The van der Waals surface area contributed by atoms with Gasteiger partial charge in [0.25, 0.3) is 6.33 Å². The van der Waals surface area contributed by atoms with E-state index in [-0.39, 0.29) is 57.5 Å². The molecule has 1 amide bonds. The number of fused-ring (bicyclic) bond motifs is 2. The fraction of sp³-hybridized carbons (Fsp3) is 0.333. The van der Waals surface area contributed by atoms with Crippen LogP contribution in [0.4, 0.5) is 0 Å². The van der Waals surface area contributed by atoms with Crippen molar-refractivity contribution in [1.82, 2.24) is 9.47 Å². The summed E-state index contributed by atoms with van der Waals surface area (Å²) in [4.78, 5) is 28.2. The molecular weight excluding hydrogens is 700 g/mol. The third-order valence-corrected chi connectivity index (χ3v) is 10.3. The quantitative estimate of drug-likeness (QED) is 0.116. The number of carbonyl (C=O) groups is 2. The third kappa shape index (κ3) is 5.09. The molecule has 1 saturated heterocycles. The van der Waals surface area contributed by atoms with Gasteiger partial charge in [0.15, 0.2) is 12.7 Å². The molecule has 5 heterocycles. The van der Waals surface area contributed by atoms with Crippen LogP contribution < -0.4 is 42.9 Å². The Morgan fingerprint density at radius 2 is 1.90 bits per heavy atom. The molecule has 0 bridgehead atoms. The van der Waals surface area contributed by atoms with E-state index < -0.39 is 18.0 Å². The Morgan fingerprint density at radius 3 is 2.50 bits per heavy atom. The van der Waals surface area contributed by atoms with Crippen molar-refractivity contribution in [2.45, 2.75) is 44.1 Å². The number of thioether (sulfide) groups is 1. The lowest BCUT2D eigenvalue weighted by molar-refractivity contribution is -0.683. The first kappa shape index (κ1) is 30.9. The molecule has 212 valence electrons. The molecule has 40 heavy (non-hydrogen) atoms. The summed E-state index contributed by atoms with van der Waals surface area (Å²) in [6.07, 6.45) is 7.33. The molecule has 0 aliphatic carbocycles. The topological polar surface area (TPSA) is 90.8 Å². The smallest absolute Gasteiger partial charge is 0.352 e. The van der Waals surface area contributed by atoms with Gasteiger partial charge >= 0.3 is 5.97 Å². The lowest BCUT2D eigenvalue weighted by Crippen LogP contribution is -3.00.